The van der Waals surface area contributed by atoms with Crippen molar-refractivity contribution in [1.82, 2.24) is 0 Å². The summed E-state index contributed by atoms with van der Waals surface area (Å²) in [6.45, 7) is 0.466. The SMILES string of the molecule is COc1ccc(C(=O)Nc2ccc(COc3ccccc3)cc2)cc1OC. The van der Waals surface area contributed by atoms with E-state index in [1.165, 1.54) is 7.11 Å². The Hall–Kier alpha value is -3.47. The lowest BCUT2D eigenvalue weighted by atomic mass is 10.1. The molecule has 0 aliphatic carbocycles. The first kappa shape index (κ1) is 18.3. The largest absolute Gasteiger partial charge is 0.493 e. The van der Waals surface area contributed by atoms with Crippen LogP contribution in [0.2, 0.25) is 0 Å². The molecule has 1 N–H and O–H groups in total. The van der Waals surface area contributed by atoms with Crippen molar-refractivity contribution in [3.8, 4) is 17.2 Å². The molecule has 0 saturated carbocycles. The molecule has 5 nitrogen and oxygen atoms in total. The van der Waals surface area contributed by atoms with Crippen molar-refractivity contribution in [3.63, 3.8) is 0 Å². The Morgan fingerprint density at radius 1 is 0.852 bits per heavy atom. The second-order valence-electron chi connectivity index (χ2n) is 5.82. The zero-order valence-electron chi connectivity index (χ0n) is 15.3. The van der Waals surface area contributed by atoms with Crippen molar-refractivity contribution in [3.05, 3.63) is 83.9 Å². The number of anilines is 1. The summed E-state index contributed by atoms with van der Waals surface area (Å²) < 4.78 is 16.1. The van der Waals surface area contributed by atoms with Gasteiger partial charge in [0.2, 0.25) is 0 Å². The van der Waals surface area contributed by atoms with Crippen LogP contribution in [-0.2, 0) is 6.61 Å². The molecule has 138 valence electrons. The van der Waals surface area contributed by atoms with Crippen molar-refractivity contribution < 1.29 is 19.0 Å². The molecule has 0 unspecified atom stereocenters. The Balaban J connectivity index is 1.61. The smallest absolute Gasteiger partial charge is 0.255 e. The van der Waals surface area contributed by atoms with E-state index in [-0.39, 0.29) is 5.91 Å². The second-order valence-corrected chi connectivity index (χ2v) is 5.82. The van der Waals surface area contributed by atoms with Gasteiger partial charge in [0.05, 0.1) is 14.2 Å². The number of methoxy groups -OCH3 is 2. The van der Waals surface area contributed by atoms with Crippen LogP contribution in [0.25, 0.3) is 0 Å². The van der Waals surface area contributed by atoms with Crippen LogP contribution < -0.4 is 19.5 Å². The predicted molar refractivity (Wildman–Crippen MR) is 105 cm³/mol. The van der Waals surface area contributed by atoms with E-state index < -0.39 is 0 Å². The van der Waals surface area contributed by atoms with Crippen LogP contribution >= 0.6 is 0 Å². The van der Waals surface area contributed by atoms with Gasteiger partial charge < -0.3 is 19.5 Å². The van der Waals surface area contributed by atoms with E-state index in [9.17, 15) is 4.79 Å². The minimum absolute atomic E-state index is 0.218. The van der Waals surface area contributed by atoms with Gasteiger partial charge in [-0.3, -0.25) is 4.79 Å². The lowest BCUT2D eigenvalue weighted by Crippen LogP contribution is -2.12. The minimum Gasteiger partial charge on any atom is -0.493 e. The zero-order valence-corrected chi connectivity index (χ0v) is 15.3. The van der Waals surface area contributed by atoms with E-state index in [1.54, 1.807) is 25.3 Å². The molecule has 0 aliphatic heterocycles. The summed E-state index contributed by atoms with van der Waals surface area (Å²) in [5, 5.41) is 2.87. The average molecular weight is 363 g/mol. The Kier molecular flexibility index (Phi) is 5.94. The van der Waals surface area contributed by atoms with Gasteiger partial charge in [-0.05, 0) is 48.0 Å². The summed E-state index contributed by atoms with van der Waals surface area (Å²) in [4.78, 5) is 12.4. The number of para-hydroxylation sites is 1. The number of rotatable bonds is 7. The monoisotopic (exact) mass is 363 g/mol. The Morgan fingerprint density at radius 3 is 2.22 bits per heavy atom. The predicted octanol–water partition coefficient (Wildman–Crippen LogP) is 4.54. The van der Waals surface area contributed by atoms with Crippen LogP contribution in [0, 0.1) is 0 Å². The topological polar surface area (TPSA) is 56.8 Å². The highest BCUT2D eigenvalue weighted by molar-refractivity contribution is 6.04. The summed E-state index contributed by atoms with van der Waals surface area (Å²) in [7, 11) is 3.09. The highest BCUT2D eigenvalue weighted by Crippen LogP contribution is 2.28. The first-order valence-corrected chi connectivity index (χ1v) is 8.50. The van der Waals surface area contributed by atoms with Crippen molar-refractivity contribution in [1.29, 1.82) is 0 Å². The van der Waals surface area contributed by atoms with Crippen molar-refractivity contribution in [2.24, 2.45) is 0 Å². The van der Waals surface area contributed by atoms with Crippen molar-refractivity contribution >= 4 is 11.6 Å². The molecule has 0 atom stereocenters. The maximum absolute atomic E-state index is 12.4. The van der Waals surface area contributed by atoms with Gasteiger partial charge in [0.25, 0.3) is 5.91 Å². The molecule has 0 aliphatic rings. The highest BCUT2D eigenvalue weighted by Gasteiger charge is 2.11. The molecular formula is C22H21NO4. The Morgan fingerprint density at radius 2 is 1.56 bits per heavy atom. The van der Waals surface area contributed by atoms with Gasteiger partial charge in [-0.15, -0.1) is 0 Å². The lowest BCUT2D eigenvalue weighted by Gasteiger charge is -2.11. The third-order valence-corrected chi connectivity index (χ3v) is 4.01. The Labute approximate surface area is 158 Å². The quantitative estimate of drug-likeness (QED) is 0.670. The molecule has 3 rings (SSSR count). The Bertz CT molecular complexity index is 892. The third-order valence-electron chi connectivity index (χ3n) is 4.01. The number of hydrogen-bond donors (Lipinski definition) is 1. The molecule has 3 aromatic rings. The lowest BCUT2D eigenvalue weighted by molar-refractivity contribution is 0.102. The van der Waals surface area contributed by atoms with Crippen LogP contribution in [-0.4, -0.2) is 20.1 Å². The molecule has 5 heteroatoms. The van der Waals surface area contributed by atoms with E-state index in [0.717, 1.165) is 11.3 Å². The maximum atomic E-state index is 12.4. The molecule has 0 saturated heterocycles. The van der Waals surface area contributed by atoms with E-state index in [2.05, 4.69) is 5.32 Å². The average Bonchev–Trinajstić information content (AvgIpc) is 2.73. The highest BCUT2D eigenvalue weighted by atomic mass is 16.5. The fourth-order valence-electron chi connectivity index (χ4n) is 2.55. The number of carbonyl (C=O) groups excluding carboxylic acids is 1. The summed E-state index contributed by atoms with van der Waals surface area (Å²) in [6, 6.07) is 22.2. The van der Waals surface area contributed by atoms with E-state index in [1.807, 2.05) is 54.6 Å². The van der Waals surface area contributed by atoms with Gasteiger partial charge in [-0.2, -0.15) is 0 Å². The summed E-state index contributed by atoms with van der Waals surface area (Å²) >= 11 is 0. The first-order chi connectivity index (χ1) is 13.2. The van der Waals surface area contributed by atoms with Crippen molar-refractivity contribution in [2.75, 3.05) is 19.5 Å². The minimum atomic E-state index is -0.218. The first-order valence-electron chi connectivity index (χ1n) is 8.50. The number of nitrogens with one attached hydrogen (secondary N) is 1. The molecule has 3 aromatic carbocycles. The van der Waals surface area contributed by atoms with Crippen LogP contribution in [0.3, 0.4) is 0 Å². The molecule has 0 fully saturated rings. The summed E-state index contributed by atoms with van der Waals surface area (Å²) in [5.74, 6) is 1.70. The number of hydrogen-bond acceptors (Lipinski definition) is 4. The number of benzene rings is 3. The molecule has 0 aromatic heterocycles. The van der Waals surface area contributed by atoms with Gasteiger partial charge >= 0.3 is 0 Å². The van der Waals surface area contributed by atoms with Gasteiger partial charge in [0, 0.05) is 11.3 Å². The van der Waals surface area contributed by atoms with Gasteiger partial charge in [-0.1, -0.05) is 30.3 Å². The molecule has 0 spiro atoms. The van der Waals surface area contributed by atoms with Crippen molar-refractivity contribution in [2.45, 2.75) is 6.61 Å². The third kappa shape index (κ3) is 4.79. The van der Waals surface area contributed by atoms with Gasteiger partial charge in [-0.25, -0.2) is 0 Å². The molecule has 0 heterocycles. The van der Waals surface area contributed by atoms with Crippen LogP contribution in [0.4, 0.5) is 5.69 Å². The molecular weight excluding hydrogens is 342 g/mol. The standard InChI is InChI=1S/C22H21NO4/c1-25-20-13-10-17(14-21(20)26-2)22(24)23-18-11-8-16(9-12-18)15-27-19-6-4-3-5-7-19/h3-14H,15H2,1-2H3,(H,23,24). The fraction of sp³-hybridized carbons (Fsp3) is 0.136. The molecule has 0 bridgehead atoms. The number of carbonyl (C=O) groups is 1. The number of ether oxygens (including phenoxy) is 3. The van der Waals surface area contributed by atoms with Crippen LogP contribution in [0.1, 0.15) is 15.9 Å². The molecule has 1 amide bonds. The van der Waals surface area contributed by atoms with E-state index in [4.69, 9.17) is 14.2 Å². The van der Waals surface area contributed by atoms with Crippen LogP contribution in [0.5, 0.6) is 17.2 Å². The molecule has 0 radical (unpaired) electrons. The zero-order chi connectivity index (χ0) is 19.1. The van der Waals surface area contributed by atoms with E-state index >= 15 is 0 Å². The summed E-state index contributed by atoms with van der Waals surface area (Å²) in [5.41, 5.74) is 2.21. The maximum Gasteiger partial charge on any atom is 0.255 e. The molecule has 27 heavy (non-hydrogen) atoms. The van der Waals surface area contributed by atoms with Crippen LogP contribution in [0.15, 0.2) is 72.8 Å². The van der Waals surface area contributed by atoms with Gasteiger partial charge in [0.1, 0.15) is 12.4 Å². The normalized spacial score (nSPS) is 10.1. The van der Waals surface area contributed by atoms with E-state index in [0.29, 0.717) is 29.4 Å². The fourth-order valence-corrected chi connectivity index (χ4v) is 2.55. The number of amides is 1. The second kappa shape index (κ2) is 8.76. The summed E-state index contributed by atoms with van der Waals surface area (Å²) in [6.07, 6.45) is 0. The van der Waals surface area contributed by atoms with Gasteiger partial charge in [0.15, 0.2) is 11.5 Å².